The van der Waals surface area contributed by atoms with E-state index in [0.29, 0.717) is 6.61 Å². The third-order valence-corrected chi connectivity index (χ3v) is 4.40. The van der Waals surface area contributed by atoms with Crippen molar-refractivity contribution in [2.75, 3.05) is 26.3 Å². The summed E-state index contributed by atoms with van der Waals surface area (Å²) in [5.74, 6) is 1.72. The Labute approximate surface area is 121 Å². The molecule has 1 aliphatic carbocycles. The van der Waals surface area contributed by atoms with Gasteiger partial charge in [-0.3, -0.25) is 0 Å². The van der Waals surface area contributed by atoms with E-state index in [1.807, 2.05) is 0 Å². The van der Waals surface area contributed by atoms with Gasteiger partial charge < -0.3 is 14.8 Å². The van der Waals surface area contributed by atoms with Crippen molar-refractivity contribution in [1.82, 2.24) is 5.32 Å². The van der Waals surface area contributed by atoms with Gasteiger partial charge in [-0.05, 0) is 36.5 Å². The van der Waals surface area contributed by atoms with Gasteiger partial charge in [-0.25, -0.2) is 0 Å². The largest absolute Gasteiger partial charge is 0.491 e. The van der Waals surface area contributed by atoms with Gasteiger partial charge >= 0.3 is 0 Å². The molecule has 3 nitrogen and oxygen atoms in total. The first-order valence-corrected chi connectivity index (χ1v) is 7.97. The summed E-state index contributed by atoms with van der Waals surface area (Å²) >= 11 is 0. The van der Waals surface area contributed by atoms with E-state index in [2.05, 4.69) is 29.6 Å². The predicted octanol–water partition coefficient (Wildman–Crippen LogP) is 3.10. The minimum absolute atomic E-state index is 0.182. The van der Waals surface area contributed by atoms with Crippen molar-refractivity contribution in [2.24, 2.45) is 0 Å². The molecule has 1 aromatic rings. The van der Waals surface area contributed by atoms with Crippen molar-refractivity contribution in [3.8, 4) is 5.75 Å². The molecule has 2 fully saturated rings. The summed E-state index contributed by atoms with van der Waals surface area (Å²) in [6, 6.07) is 8.71. The molecule has 1 saturated heterocycles. The summed E-state index contributed by atoms with van der Waals surface area (Å²) in [6.07, 6.45) is 7.06. The van der Waals surface area contributed by atoms with Crippen LogP contribution in [-0.4, -0.2) is 32.4 Å². The third kappa shape index (κ3) is 3.74. The molecule has 20 heavy (non-hydrogen) atoms. The van der Waals surface area contributed by atoms with Crippen LogP contribution in [0.25, 0.3) is 0 Å². The topological polar surface area (TPSA) is 30.5 Å². The highest BCUT2D eigenvalue weighted by Crippen LogP contribution is 2.33. The summed E-state index contributed by atoms with van der Waals surface area (Å²) < 4.78 is 11.5. The zero-order chi connectivity index (χ0) is 13.6. The first-order valence-electron chi connectivity index (χ1n) is 7.97. The number of ether oxygens (including phenoxy) is 2. The van der Waals surface area contributed by atoms with Crippen LogP contribution in [0.5, 0.6) is 5.75 Å². The molecule has 110 valence electrons. The van der Waals surface area contributed by atoms with Crippen LogP contribution in [-0.2, 0) is 4.74 Å². The summed E-state index contributed by atoms with van der Waals surface area (Å²) in [4.78, 5) is 0. The zero-order valence-electron chi connectivity index (χ0n) is 12.1. The molecule has 0 radical (unpaired) electrons. The minimum atomic E-state index is 0.182. The predicted molar refractivity (Wildman–Crippen MR) is 80.4 cm³/mol. The van der Waals surface area contributed by atoms with Crippen molar-refractivity contribution >= 4 is 0 Å². The van der Waals surface area contributed by atoms with Crippen LogP contribution in [0.15, 0.2) is 24.3 Å². The fraction of sp³-hybridized carbons (Fsp3) is 0.647. The standard InChI is InChI=1S/C17H25NO2/c1-2-4-14(5-3-1)15-6-8-16(9-7-15)20-13-17-12-18-10-11-19-17/h6-9,14,17-18H,1-5,10-13H2. The fourth-order valence-electron chi connectivity index (χ4n) is 3.19. The molecule has 1 atom stereocenters. The summed E-state index contributed by atoms with van der Waals surface area (Å²) in [7, 11) is 0. The molecule has 1 aliphatic heterocycles. The lowest BCUT2D eigenvalue weighted by atomic mass is 9.84. The van der Waals surface area contributed by atoms with E-state index in [9.17, 15) is 0 Å². The van der Waals surface area contributed by atoms with E-state index >= 15 is 0 Å². The van der Waals surface area contributed by atoms with Crippen LogP contribution in [0.3, 0.4) is 0 Å². The molecule has 0 aromatic heterocycles. The van der Waals surface area contributed by atoms with E-state index in [0.717, 1.165) is 31.4 Å². The van der Waals surface area contributed by atoms with Crippen molar-refractivity contribution in [3.63, 3.8) is 0 Å². The van der Waals surface area contributed by atoms with Gasteiger partial charge in [0.15, 0.2) is 0 Å². The number of nitrogens with one attached hydrogen (secondary N) is 1. The SMILES string of the molecule is c1cc(C2CCCCC2)ccc1OCC1CNCCO1. The van der Waals surface area contributed by atoms with Gasteiger partial charge in [-0.2, -0.15) is 0 Å². The van der Waals surface area contributed by atoms with Gasteiger partial charge in [0, 0.05) is 13.1 Å². The van der Waals surface area contributed by atoms with E-state index in [1.165, 1.54) is 37.7 Å². The number of hydrogen-bond acceptors (Lipinski definition) is 3. The van der Waals surface area contributed by atoms with E-state index in [1.54, 1.807) is 0 Å². The lowest BCUT2D eigenvalue weighted by Gasteiger charge is -2.24. The molecule has 1 unspecified atom stereocenters. The fourth-order valence-corrected chi connectivity index (χ4v) is 3.19. The second kappa shape index (κ2) is 7.09. The van der Waals surface area contributed by atoms with Crippen LogP contribution in [0, 0.1) is 0 Å². The Hall–Kier alpha value is -1.06. The lowest BCUT2D eigenvalue weighted by Crippen LogP contribution is -2.41. The Morgan fingerprint density at radius 1 is 1.10 bits per heavy atom. The quantitative estimate of drug-likeness (QED) is 0.916. The minimum Gasteiger partial charge on any atom is -0.491 e. The van der Waals surface area contributed by atoms with E-state index in [-0.39, 0.29) is 6.10 Å². The second-order valence-corrected chi connectivity index (χ2v) is 5.91. The van der Waals surface area contributed by atoms with Crippen LogP contribution < -0.4 is 10.1 Å². The number of benzene rings is 1. The van der Waals surface area contributed by atoms with Gasteiger partial charge in [0.25, 0.3) is 0 Å². The van der Waals surface area contributed by atoms with Gasteiger partial charge in [0.05, 0.1) is 6.61 Å². The Bertz CT molecular complexity index is 392. The van der Waals surface area contributed by atoms with Crippen LogP contribution in [0.4, 0.5) is 0 Å². The van der Waals surface area contributed by atoms with E-state index < -0.39 is 0 Å². The summed E-state index contributed by atoms with van der Waals surface area (Å²) in [5, 5.41) is 3.32. The number of hydrogen-bond donors (Lipinski definition) is 1. The monoisotopic (exact) mass is 275 g/mol. The Balaban J connectivity index is 1.50. The van der Waals surface area contributed by atoms with Crippen LogP contribution in [0.1, 0.15) is 43.6 Å². The van der Waals surface area contributed by atoms with Crippen molar-refractivity contribution in [3.05, 3.63) is 29.8 Å². The van der Waals surface area contributed by atoms with Gasteiger partial charge in [0.1, 0.15) is 18.5 Å². The lowest BCUT2D eigenvalue weighted by molar-refractivity contribution is 0.000191. The average Bonchev–Trinajstić information content (AvgIpc) is 2.55. The van der Waals surface area contributed by atoms with Crippen LogP contribution in [0.2, 0.25) is 0 Å². The Kier molecular flexibility index (Phi) is 4.93. The maximum absolute atomic E-state index is 5.82. The molecule has 3 heteroatoms. The van der Waals surface area contributed by atoms with Crippen molar-refractivity contribution in [2.45, 2.75) is 44.1 Å². The molecule has 0 spiro atoms. The molecule has 0 amide bonds. The number of morpholine rings is 1. The van der Waals surface area contributed by atoms with Gasteiger partial charge in [-0.15, -0.1) is 0 Å². The van der Waals surface area contributed by atoms with Crippen LogP contribution >= 0.6 is 0 Å². The average molecular weight is 275 g/mol. The maximum Gasteiger partial charge on any atom is 0.119 e. The molecule has 3 rings (SSSR count). The molecule has 0 bridgehead atoms. The molecule has 1 aromatic carbocycles. The van der Waals surface area contributed by atoms with E-state index in [4.69, 9.17) is 9.47 Å². The molecule has 1 N–H and O–H groups in total. The first kappa shape index (κ1) is 13.9. The molecule has 2 aliphatic rings. The zero-order valence-corrected chi connectivity index (χ0v) is 12.1. The summed E-state index contributed by atoms with van der Waals surface area (Å²) in [5.41, 5.74) is 1.48. The highest BCUT2D eigenvalue weighted by atomic mass is 16.5. The smallest absolute Gasteiger partial charge is 0.119 e. The van der Waals surface area contributed by atoms with Crippen molar-refractivity contribution in [1.29, 1.82) is 0 Å². The molecule has 1 saturated carbocycles. The summed E-state index contributed by atoms with van der Waals surface area (Å²) in [6.45, 7) is 3.26. The normalized spacial score (nSPS) is 24.5. The van der Waals surface area contributed by atoms with Gasteiger partial charge in [-0.1, -0.05) is 31.4 Å². The highest BCUT2D eigenvalue weighted by Gasteiger charge is 2.16. The molecule has 1 heterocycles. The van der Waals surface area contributed by atoms with Gasteiger partial charge in [0.2, 0.25) is 0 Å². The molecular weight excluding hydrogens is 250 g/mol. The Morgan fingerprint density at radius 3 is 2.60 bits per heavy atom. The second-order valence-electron chi connectivity index (χ2n) is 5.91. The van der Waals surface area contributed by atoms with Crippen molar-refractivity contribution < 1.29 is 9.47 Å². The highest BCUT2D eigenvalue weighted by molar-refractivity contribution is 5.29. The maximum atomic E-state index is 5.82. The Morgan fingerprint density at radius 2 is 1.90 bits per heavy atom. The third-order valence-electron chi connectivity index (χ3n) is 4.40. The number of rotatable bonds is 4. The first-order chi connectivity index (χ1) is 9.92. The molecular formula is C17H25NO2.